The van der Waals surface area contributed by atoms with Crippen molar-refractivity contribution in [1.82, 2.24) is 10.2 Å². The fourth-order valence-corrected chi connectivity index (χ4v) is 3.63. The molecule has 0 atom stereocenters. The first-order chi connectivity index (χ1) is 15.2. The van der Waals surface area contributed by atoms with Gasteiger partial charge in [-0.25, -0.2) is 0 Å². The van der Waals surface area contributed by atoms with Crippen molar-refractivity contribution >= 4 is 17.3 Å². The zero-order valence-electron chi connectivity index (χ0n) is 20.4. The lowest BCUT2D eigenvalue weighted by molar-refractivity contribution is -0.121. The summed E-state index contributed by atoms with van der Waals surface area (Å²) < 4.78 is 0. The van der Waals surface area contributed by atoms with Crippen molar-refractivity contribution in [3.05, 3.63) is 47.6 Å². The Balaban J connectivity index is 2.01. The zero-order valence-corrected chi connectivity index (χ0v) is 20.4. The predicted octanol–water partition coefficient (Wildman–Crippen LogP) is 4.75. The Kier molecular flexibility index (Phi) is 9.97. The van der Waals surface area contributed by atoms with Gasteiger partial charge >= 0.3 is 0 Å². The highest BCUT2D eigenvalue weighted by Gasteiger charge is 2.21. The Bertz CT molecular complexity index is 846. The van der Waals surface area contributed by atoms with Gasteiger partial charge in [0.15, 0.2) is 0 Å². The highest BCUT2D eigenvalue weighted by Crippen LogP contribution is 2.37. The number of nitrogens with one attached hydrogen (secondary N) is 2. The van der Waals surface area contributed by atoms with Crippen LogP contribution in [-0.4, -0.2) is 47.8 Å². The second-order valence-electron chi connectivity index (χ2n) is 9.23. The van der Waals surface area contributed by atoms with E-state index in [4.69, 9.17) is 0 Å². The third-order valence-corrected chi connectivity index (χ3v) is 5.67. The number of hydrogen-bond acceptors (Lipinski definition) is 5. The summed E-state index contributed by atoms with van der Waals surface area (Å²) in [5.74, 6) is 0.269. The van der Waals surface area contributed by atoms with Gasteiger partial charge < -0.3 is 15.3 Å². The maximum atomic E-state index is 12.3. The fourth-order valence-electron chi connectivity index (χ4n) is 3.63. The highest BCUT2D eigenvalue weighted by molar-refractivity contribution is 5.97. The predicted molar refractivity (Wildman–Crippen MR) is 134 cm³/mol. The normalized spacial score (nSPS) is 14.9. The van der Waals surface area contributed by atoms with Gasteiger partial charge in [-0.3, -0.25) is 10.2 Å². The molecule has 0 saturated heterocycles. The molecule has 0 radical (unpaired) electrons. The van der Waals surface area contributed by atoms with Crippen LogP contribution in [0.5, 0.6) is 5.75 Å². The van der Waals surface area contributed by atoms with Gasteiger partial charge in [0.25, 0.3) is 0 Å². The van der Waals surface area contributed by atoms with Gasteiger partial charge in [0.2, 0.25) is 5.91 Å². The Labute approximate surface area is 193 Å². The summed E-state index contributed by atoms with van der Waals surface area (Å²) in [5, 5.41) is 18.3. The molecule has 1 aliphatic carbocycles. The van der Waals surface area contributed by atoms with Gasteiger partial charge in [0.05, 0.1) is 11.4 Å². The molecule has 176 valence electrons. The molecule has 0 aromatic heterocycles. The van der Waals surface area contributed by atoms with Crippen LogP contribution in [0.1, 0.15) is 65.0 Å². The minimum Gasteiger partial charge on any atom is -0.505 e. The van der Waals surface area contributed by atoms with E-state index >= 15 is 0 Å². The summed E-state index contributed by atoms with van der Waals surface area (Å²) in [4.78, 5) is 14.7. The third-order valence-electron chi connectivity index (χ3n) is 5.67. The van der Waals surface area contributed by atoms with Crippen molar-refractivity contribution in [1.29, 1.82) is 0 Å². The number of phenolic OH excluding ortho intramolecular Hbond substituents is 1. The molecule has 0 saturated carbocycles. The van der Waals surface area contributed by atoms with E-state index in [-0.39, 0.29) is 17.1 Å². The zero-order chi connectivity index (χ0) is 23.6. The first-order valence-corrected chi connectivity index (χ1v) is 11.8. The second kappa shape index (κ2) is 12.4. The van der Waals surface area contributed by atoms with Crippen molar-refractivity contribution in [3.8, 4) is 5.75 Å². The average molecular weight is 441 g/mol. The molecule has 1 aromatic carbocycles. The lowest BCUT2D eigenvalue weighted by Crippen LogP contribution is -2.30. The van der Waals surface area contributed by atoms with Gasteiger partial charge in [-0.05, 0) is 55.6 Å². The van der Waals surface area contributed by atoms with E-state index in [1.165, 1.54) is 0 Å². The molecule has 6 nitrogen and oxygen atoms in total. The van der Waals surface area contributed by atoms with Gasteiger partial charge in [0.1, 0.15) is 5.75 Å². The number of allylic oxidation sites excluding steroid dienone is 4. The Hall–Kier alpha value is -2.60. The molecule has 0 spiro atoms. The Morgan fingerprint density at radius 3 is 2.56 bits per heavy atom. The van der Waals surface area contributed by atoms with Crippen LogP contribution in [0.4, 0.5) is 5.69 Å². The maximum Gasteiger partial charge on any atom is 0.220 e. The number of aromatic hydroxyl groups is 1. The first-order valence-electron chi connectivity index (χ1n) is 11.8. The van der Waals surface area contributed by atoms with Gasteiger partial charge in [0, 0.05) is 24.9 Å². The smallest absolute Gasteiger partial charge is 0.220 e. The van der Waals surface area contributed by atoms with Crippen molar-refractivity contribution < 1.29 is 9.90 Å². The van der Waals surface area contributed by atoms with E-state index in [0.717, 1.165) is 49.3 Å². The van der Waals surface area contributed by atoms with E-state index < -0.39 is 0 Å². The number of carbonyl (C=O) groups is 1. The summed E-state index contributed by atoms with van der Waals surface area (Å²) in [6.45, 7) is 14.3. The summed E-state index contributed by atoms with van der Waals surface area (Å²) in [7, 11) is 0. The van der Waals surface area contributed by atoms with Crippen molar-refractivity contribution in [3.63, 3.8) is 0 Å². The quantitative estimate of drug-likeness (QED) is 0.264. The lowest BCUT2D eigenvalue weighted by Gasteiger charge is -2.23. The molecular formula is C26H40N4O2. The molecule has 0 aliphatic heterocycles. The minimum absolute atomic E-state index is 0.0591. The van der Waals surface area contributed by atoms with Gasteiger partial charge in [-0.1, -0.05) is 58.9 Å². The summed E-state index contributed by atoms with van der Waals surface area (Å²) in [5.41, 5.74) is 6.13. The van der Waals surface area contributed by atoms with Crippen molar-refractivity contribution in [2.24, 2.45) is 5.10 Å². The first kappa shape index (κ1) is 25.7. The van der Waals surface area contributed by atoms with Crippen molar-refractivity contribution in [2.75, 3.05) is 31.6 Å². The molecule has 3 N–H and O–H groups in total. The van der Waals surface area contributed by atoms with E-state index in [1.807, 2.05) is 36.4 Å². The van der Waals surface area contributed by atoms with Gasteiger partial charge in [-0.2, -0.15) is 5.10 Å². The fraction of sp³-hybridized carbons (Fsp3) is 0.538. The van der Waals surface area contributed by atoms with Crippen LogP contribution < -0.4 is 10.7 Å². The molecule has 2 rings (SSSR count). The van der Waals surface area contributed by atoms with E-state index in [0.29, 0.717) is 25.1 Å². The van der Waals surface area contributed by atoms with E-state index in [2.05, 4.69) is 55.4 Å². The number of anilines is 1. The maximum absolute atomic E-state index is 12.3. The molecular weight excluding hydrogens is 400 g/mol. The molecule has 0 bridgehead atoms. The Morgan fingerprint density at radius 2 is 1.94 bits per heavy atom. The lowest BCUT2D eigenvalue weighted by atomic mass is 9.84. The number of carbonyl (C=O) groups excluding carboxylic acids is 1. The number of rotatable bonds is 11. The van der Waals surface area contributed by atoms with Crippen LogP contribution in [0, 0.1) is 0 Å². The number of amides is 1. The van der Waals surface area contributed by atoms with E-state index in [1.54, 1.807) is 0 Å². The second-order valence-corrected chi connectivity index (χ2v) is 9.23. The summed E-state index contributed by atoms with van der Waals surface area (Å²) in [6.07, 6.45) is 10.7. The summed E-state index contributed by atoms with van der Waals surface area (Å²) >= 11 is 0. The van der Waals surface area contributed by atoms with Crippen LogP contribution in [0.2, 0.25) is 0 Å². The summed E-state index contributed by atoms with van der Waals surface area (Å²) in [6, 6.07) is 3.90. The topological polar surface area (TPSA) is 77.0 Å². The third kappa shape index (κ3) is 8.15. The molecule has 1 aliphatic rings. The van der Waals surface area contributed by atoms with Crippen LogP contribution >= 0.6 is 0 Å². The molecule has 0 heterocycles. The highest BCUT2D eigenvalue weighted by atomic mass is 16.3. The molecule has 1 aromatic rings. The van der Waals surface area contributed by atoms with Crippen LogP contribution in [0.3, 0.4) is 0 Å². The molecule has 0 fully saturated rings. The number of aryl methyl sites for hydroxylation is 1. The standard InChI is InChI=1S/C26H40N4O2/c1-6-30(7-2)17-11-16-27-24(31)15-14-20-18-22(26(3,4)5)25(32)23(19-20)29-28-21-12-9-8-10-13-21/h8-10,12,18-19,29,32H,6-7,11,13-17H2,1-5H3,(H,27,31)/b28-21-. The molecule has 0 unspecified atom stereocenters. The number of phenols is 1. The van der Waals surface area contributed by atoms with Crippen LogP contribution in [-0.2, 0) is 16.6 Å². The van der Waals surface area contributed by atoms with Crippen LogP contribution in [0.15, 0.2) is 41.5 Å². The van der Waals surface area contributed by atoms with E-state index in [9.17, 15) is 9.90 Å². The minimum atomic E-state index is -0.232. The van der Waals surface area contributed by atoms with Gasteiger partial charge in [-0.15, -0.1) is 0 Å². The largest absolute Gasteiger partial charge is 0.505 e. The van der Waals surface area contributed by atoms with Crippen molar-refractivity contribution in [2.45, 2.75) is 65.7 Å². The number of benzene rings is 1. The Morgan fingerprint density at radius 1 is 1.19 bits per heavy atom. The molecule has 32 heavy (non-hydrogen) atoms. The number of nitrogens with zero attached hydrogens (tertiary/aromatic N) is 2. The molecule has 6 heteroatoms. The molecule has 1 amide bonds. The number of hydrogen-bond donors (Lipinski definition) is 3. The van der Waals surface area contributed by atoms with Crippen LogP contribution in [0.25, 0.3) is 0 Å². The monoisotopic (exact) mass is 440 g/mol. The number of hydrazone groups is 1. The SMILES string of the molecule is CCN(CC)CCCNC(=O)CCc1cc(N/N=C2/C=CC=CC2)c(O)c(C(C)(C)C)c1. The average Bonchev–Trinajstić information content (AvgIpc) is 2.77.